The maximum Gasteiger partial charge on any atom is 0.348 e. The lowest BCUT2D eigenvalue weighted by Crippen LogP contribution is -2.34. The highest BCUT2D eigenvalue weighted by Crippen LogP contribution is 2.44. The molecule has 33 heavy (non-hydrogen) atoms. The molecule has 1 aliphatic heterocycles. The summed E-state index contributed by atoms with van der Waals surface area (Å²) in [6, 6.07) is 8.44. The Labute approximate surface area is 203 Å². The van der Waals surface area contributed by atoms with E-state index in [-0.39, 0.29) is 11.4 Å². The van der Waals surface area contributed by atoms with Gasteiger partial charge in [0.05, 0.1) is 12.8 Å². The number of methoxy groups -OCH3 is 1. The first-order chi connectivity index (χ1) is 15.8. The van der Waals surface area contributed by atoms with E-state index in [9.17, 15) is 4.79 Å². The molecule has 178 valence electrons. The fraction of sp³-hybridized carbons (Fsp3) is 0.571. The second-order valence-corrected chi connectivity index (χ2v) is 11.9. The van der Waals surface area contributed by atoms with Gasteiger partial charge in [0.2, 0.25) is 0 Å². The van der Waals surface area contributed by atoms with Crippen LogP contribution in [-0.2, 0) is 16.7 Å². The molecule has 3 heterocycles. The van der Waals surface area contributed by atoms with Crippen LogP contribution in [0.15, 0.2) is 36.0 Å². The number of esters is 1. The van der Waals surface area contributed by atoms with Gasteiger partial charge in [-0.25, -0.2) is 4.79 Å². The van der Waals surface area contributed by atoms with E-state index in [1.54, 1.807) is 16.9 Å². The number of rotatable bonds is 5. The number of hydrogen-bond acceptors (Lipinski definition) is 5. The number of hydrogen-bond donors (Lipinski definition) is 0. The number of pyridine rings is 1. The Morgan fingerprint density at radius 2 is 1.97 bits per heavy atom. The van der Waals surface area contributed by atoms with Crippen molar-refractivity contribution < 1.29 is 9.53 Å². The zero-order valence-corrected chi connectivity index (χ0v) is 21.6. The number of carbonyl (C=O) groups is 1. The maximum absolute atomic E-state index is 12.8. The average molecular weight is 467 g/mol. The van der Waals surface area contributed by atoms with Crippen molar-refractivity contribution in [1.29, 1.82) is 0 Å². The summed E-state index contributed by atoms with van der Waals surface area (Å²) in [5, 5.41) is 0. The van der Waals surface area contributed by atoms with E-state index < -0.39 is 0 Å². The van der Waals surface area contributed by atoms with Gasteiger partial charge in [0.1, 0.15) is 4.88 Å². The van der Waals surface area contributed by atoms with Crippen molar-refractivity contribution in [2.45, 2.75) is 71.8 Å². The maximum atomic E-state index is 12.8. The highest BCUT2D eigenvalue weighted by Gasteiger charge is 2.32. The molecule has 1 aliphatic carbocycles. The van der Waals surface area contributed by atoms with Crippen molar-refractivity contribution in [3.05, 3.63) is 57.0 Å². The van der Waals surface area contributed by atoms with Gasteiger partial charge in [0.15, 0.2) is 0 Å². The van der Waals surface area contributed by atoms with Gasteiger partial charge < -0.3 is 4.74 Å². The van der Waals surface area contributed by atoms with Crippen molar-refractivity contribution in [3.63, 3.8) is 0 Å². The lowest BCUT2D eigenvalue weighted by Gasteiger charge is -2.37. The van der Waals surface area contributed by atoms with Crippen LogP contribution in [0.2, 0.25) is 0 Å². The van der Waals surface area contributed by atoms with Crippen LogP contribution >= 0.6 is 11.3 Å². The largest absolute Gasteiger partial charge is 0.465 e. The number of ether oxygens (including phenoxy) is 1. The average Bonchev–Trinajstić information content (AvgIpc) is 3.26. The van der Waals surface area contributed by atoms with Gasteiger partial charge in [-0.1, -0.05) is 46.6 Å². The van der Waals surface area contributed by atoms with Gasteiger partial charge in [0.25, 0.3) is 0 Å². The molecule has 0 saturated heterocycles. The Morgan fingerprint density at radius 3 is 2.61 bits per heavy atom. The highest BCUT2D eigenvalue weighted by atomic mass is 32.1. The van der Waals surface area contributed by atoms with Gasteiger partial charge >= 0.3 is 5.97 Å². The van der Waals surface area contributed by atoms with Gasteiger partial charge in [-0.15, -0.1) is 11.3 Å². The molecule has 0 atom stereocenters. The standard InChI is InChI=1S/C28H38N2O2S/c1-19-9-11-20(12-10-19)24-18-30(17-21-8-6-7-14-29-21)15-13-22(24)23-16-25(28(2,3)4)33-26(23)27(31)32-5/h6-8,14,16,19-20H,9-13,15,17-18H2,1-5H3. The molecular formula is C28H38N2O2S. The van der Waals surface area contributed by atoms with Crippen LogP contribution in [0.1, 0.15) is 85.6 Å². The van der Waals surface area contributed by atoms with Gasteiger partial charge in [0, 0.05) is 36.3 Å². The van der Waals surface area contributed by atoms with Crippen LogP contribution in [-0.4, -0.2) is 36.1 Å². The van der Waals surface area contributed by atoms with Crippen LogP contribution in [0, 0.1) is 11.8 Å². The molecule has 1 saturated carbocycles. The monoisotopic (exact) mass is 466 g/mol. The SMILES string of the molecule is COC(=O)c1sc(C(C)(C)C)cc1C1=C(C2CCC(C)CC2)CN(Cc2ccccn2)CC1. The Balaban J connectivity index is 1.73. The number of carbonyl (C=O) groups excluding carboxylic acids is 1. The van der Waals surface area contributed by atoms with Crippen LogP contribution in [0.3, 0.4) is 0 Å². The summed E-state index contributed by atoms with van der Waals surface area (Å²) < 4.78 is 5.22. The summed E-state index contributed by atoms with van der Waals surface area (Å²) in [6.07, 6.45) is 7.94. The normalized spacial score (nSPS) is 22.5. The fourth-order valence-electron chi connectivity index (χ4n) is 5.22. The van der Waals surface area contributed by atoms with Crippen molar-refractivity contribution in [3.8, 4) is 0 Å². The first-order valence-corrected chi connectivity index (χ1v) is 13.1. The Bertz CT molecular complexity index is 995. The molecule has 0 amide bonds. The third-order valence-electron chi connectivity index (χ3n) is 7.25. The summed E-state index contributed by atoms with van der Waals surface area (Å²) in [6.45, 7) is 11.9. The molecule has 2 aromatic heterocycles. The van der Waals surface area contributed by atoms with E-state index in [0.717, 1.165) is 48.1 Å². The zero-order valence-electron chi connectivity index (χ0n) is 20.8. The topological polar surface area (TPSA) is 42.4 Å². The quantitative estimate of drug-likeness (QED) is 0.459. The molecule has 4 nitrogen and oxygen atoms in total. The summed E-state index contributed by atoms with van der Waals surface area (Å²) in [4.78, 5) is 21.9. The molecule has 4 rings (SSSR count). The minimum Gasteiger partial charge on any atom is -0.465 e. The van der Waals surface area contributed by atoms with Gasteiger partial charge in [-0.05, 0) is 65.9 Å². The molecule has 0 N–H and O–H groups in total. The molecule has 1 fully saturated rings. The molecule has 0 aromatic carbocycles. The molecule has 0 spiro atoms. The summed E-state index contributed by atoms with van der Waals surface area (Å²) >= 11 is 1.61. The van der Waals surface area contributed by atoms with Crippen LogP contribution < -0.4 is 0 Å². The van der Waals surface area contributed by atoms with Crippen LogP contribution in [0.5, 0.6) is 0 Å². The van der Waals surface area contributed by atoms with Crippen molar-refractivity contribution in [2.75, 3.05) is 20.2 Å². The Kier molecular flexibility index (Phi) is 7.40. The summed E-state index contributed by atoms with van der Waals surface area (Å²) in [5.41, 5.74) is 5.21. The van der Waals surface area contributed by atoms with Crippen LogP contribution in [0.25, 0.3) is 5.57 Å². The van der Waals surface area contributed by atoms with Crippen LogP contribution in [0.4, 0.5) is 0 Å². The van der Waals surface area contributed by atoms with E-state index in [1.807, 2.05) is 12.3 Å². The van der Waals surface area contributed by atoms with E-state index >= 15 is 0 Å². The lowest BCUT2D eigenvalue weighted by molar-refractivity contribution is 0.0606. The van der Waals surface area contributed by atoms with Crippen molar-refractivity contribution in [2.24, 2.45) is 11.8 Å². The second-order valence-electron chi connectivity index (χ2n) is 10.8. The fourth-order valence-corrected chi connectivity index (χ4v) is 6.38. The molecule has 0 unspecified atom stereocenters. The van der Waals surface area contributed by atoms with Crippen molar-refractivity contribution >= 4 is 22.9 Å². The zero-order chi connectivity index (χ0) is 23.6. The molecular weight excluding hydrogens is 428 g/mol. The number of thiophene rings is 1. The van der Waals surface area contributed by atoms with Gasteiger partial charge in [-0.2, -0.15) is 0 Å². The third-order valence-corrected chi connectivity index (χ3v) is 8.79. The summed E-state index contributed by atoms with van der Waals surface area (Å²) in [5.74, 6) is 1.22. The summed E-state index contributed by atoms with van der Waals surface area (Å²) in [7, 11) is 1.50. The van der Waals surface area contributed by atoms with E-state index in [1.165, 1.54) is 43.2 Å². The third kappa shape index (κ3) is 5.58. The molecule has 0 bridgehead atoms. The predicted octanol–water partition coefficient (Wildman–Crippen LogP) is 6.71. The molecule has 2 aliphatic rings. The molecule has 5 heteroatoms. The van der Waals surface area contributed by atoms with Crippen molar-refractivity contribution in [1.82, 2.24) is 9.88 Å². The highest BCUT2D eigenvalue weighted by molar-refractivity contribution is 7.14. The van der Waals surface area contributed by atoms with E-state index in [2.05, 4.69) is 55.8 Å². The van der Waals surface area contributed by atoms with E-state index in [4.69, 9.17) is 4.74 Å². The lowest BCUT2D eigenvalue weighted by atomic mass is 9.75. The molecule has 0 radical (unpaired) electrons. The minimum absolute atomic E-state index is 0.00631. The second kappa shape index (κ2) is 10.1. The Hall–Kier alpha value is -1.98. The first kappa shape index (κ1) is 24.2. The number of nitrogens with zero attached hydrogens (tertiary/aromatic N) is 2. The number of aromatic nitrogens is 1. The minimum atomic E-state index is -0.203. The van der Waals surface area contributed by atoms with Gasteiger partial charge in [-0.3, -0.25) is 9.88 Å². The smallest absolute Gasteiger partial charge is 0.348 e. The predicted molar refractivity (Wildman–Crippen MR) is 137 cm³/mol. The Morgan fingerprint density at radius 1 is 1.21 bits per heavy atom. The van der Waals surface area contributed by atoms with E-state index in [0.29, 0.717) is 5.92 Å². The molecule has 2 aromatic rings. The first-order valence-electron chi connectivity index (χ1n) is 12.3.